The molecule has 84 valence electrons. The minimum absolute atomic E-state index is 0.450. The number of carboxylic acids is 1. The molecule has 2 N–H and O–H groups in total. The lowest BCUT2D eigenvalue weighted by molar-refractivity contribution is -0.138. The van der Waals surface area contributed by atoms with Crippen molar-refractivity contribution < 1.29 is 9.90 Å². The van der Waals surface area contributed by atoms with Crippen molar-refractivity contribution in [1.82, 2.24) is 4.98 Å². The van der Waals surface area contributed by atoms with Crippen LogP contribution in [0.3, 0.4) is 0 Å². The average molecular weight is 258 g/mol. The van der Waals surface area contributed by atoms with Gasteiger partial charge < -0.3 is 10.1 Å². The Balaban J connectivity index is 2.56. The van der Waals surface area contributed by atoms with Gasteiger partial charge in [0.2, 0.25) is 0 Å². The molecule has 1 aromatic carbocycles. The molecule has 1 heterocycles. The summed E-state index contributed by atoms with van der Waals surface area (Å²) < 4.78 is 0. The smallest absolute Gasteiger partial charge is 0.312 e. The molecule has 0 aliphatic carbocycles. The lowest BCUT2D eigenvalue weighted by Crippen LogP contribution is -2.07. The first-order valence-electron chi connectivity index (χ1n) is 4.69. The maximum Gasteiger partial charge on any atom is 0.312 e. The van der Waals surface area contributed by atoms with Gasteiger partial charge in [0.1, 0.15) is 0 Å². The van der Waals surface area contributed by atoms with Crippen molar-refractivity contribution in [2.24, 2.45) is 0 Å². The molecule has 0 fully saturated rings. The molecular weight excluding hydrogens is 249 g/mol. The number of aromatic nitrogens is 1. The van der Waals surface area contributed by atoms with Crippen LogP contribution in [-0.4, -0.2) is 16.1 Å². The number of nitrogens with one attached hydrogen (secondary N) is 1. The molecule has 0 saturated carbocycles. The first kappa shape index (κ1) is 11.3. The van der Waals surface area contributed by atoms with Crippen LogP contribution in [0.25, 0.3) is 10.9 Å². The van der Waals surface area contributed by atoms with Crippen LogP contribution >= 0.6 is 23.2 Å². The van der Waals surface area contributed by atoms with Gasteiger partial charge in [-0.2, -0.15) is 0 Å². The van der Waals surface area contributed by atoms with E-state index in [0.29, 0.717) is 15.7 Å². The van der Waals surface area contributed by atoms with Gasteiger partial charge in [0.05, 0.1) is 16.0 Å². The number of benzene rings is 1. The van der Waals surface area contributed by atoms with E-state index < -0.39 is 11.9 Å². The SMILES string of the molecule is CC(C(=O)O)c1cc2cc(Cl)c(Cl)cc2[nH]1. The van der Waals surface area contributed by atoms with E-state index in [-0.39, 0.29) is 0 Å². The molecule has 0 amide bonds. The number of aliphatic carboxylic acids is 1. The Hall–Kier alpha value is -1.19. The van der Waals surface area contributed by atoms with Gasteiger partial charge in [0.25, 0.3) is 0 Å². The molecule has 0 bridgehead atoms. The zero-order valence-electron chi connectivity index (χ0n) is 8.42. The number of rotatable bonds is 2. The van der Waals surface area contributed by atoms with E-state index in [1.54, 1.807) is 25.1 Å². The minimum atomic E-state index is -0.872. The Morgan fingerprint density at radius 1 is 1.31 bits per heavy atom. The van der Waals surface area contributed by atoms with E-state index in [1.165, 1.54) is 0 Å². The number of halogens is 2. The number of carbonyl (C=O) groups is 1. The van der Waals surface area contributed by atoms with Gasteiger partial charge in [-0.3, -0.25) is 4.79 Å². The third-order valence-corrected chi connectivity index (χ3v) is 3.24. The second kappa shape index (κ2) is 4.00. The summed E-state index contributed by atoms with van der Waals surface area (Å²) in [5, 5.41) is 10.7. The fraction of sp³-hybridized carbons (Fsp3) is 0.182. The first-order chi connectivity index (χ1) is 7.49. The second-order valence-electron chi connectivity index (χ2n) is 3.64. The molecule has 2 aromatic rings. The summed E-state index contributed by atoms with van der Waals surface area (Å²) in [5.74, 6) is -1.45. The molecule has 1 aromatic heterocycles. The highest BCUT2D eigenvalue weighted by Crippen LogP contribution is 2.29. The Morgan fingerprint density at radius 3 is 2.56 bits per heavy atom. The fourth-order valence-electron chi connectivity index (χ4n) is 1.52. The van der Waals surface area contributed by atoms with Crippen molar-refractivity contribution in [3.05, 3.63) is 33.9 Å². The van der Waals surface area contributed by atoms with Crippen molar-refractivity contribution in [3.8, 4) is 0 Å². The Kier molecular flexibility index (Phi) is 2.82. The molecule has 3 nitrogen and oxygen atoms in total. The van der Waals surface area contributed by atoms with Gasteiger partial charge in [-0.25, -0.2) is 0 Å². The quantitative estimate of drug-likeness (QED) is 0.863. The maximum absolute atomic E-state index is 10.8. The van der Waals surface area contributed by atoms with Gasteiger partial charge in [0, 0.05) is 16.6 Å². The summed E-state index contributed by atoms with van der Waals surface area (Å²) in [6.45, 7) is 1.62. The third-order valence-electron chi connectivity index (χ3n) is 2.52. The van der Waals surface area contributed by atoms with Crippen LogP contribution in [0.2, 0.25) is 10.0 Å². The lowest BCUT2D eigenvalue weighted by atomic mass is 10.1. The van der Waals surface area contributed by atoms with Crippen molar-refractivity contribution in [2.45, 2.75) is 12.8 Å². The van der Waals surface area contributed by atoms with Crippen LogP contribution in [0, 0.1) is 0 Å². The zero-order valence-corrected chi connectivity index (χ0v) is 9.93. The summed E-state index contributed by atoms with van der Waals surface area (Å²) in [6, 6.07) is 5.18. The summed E-state index contributed by atoms with van der Waals surface area (Å²) in [7, 11) is 0. The molecular formula is C11H9Cl2NO2. The highest BCUT2D eigenvalue weighted by molar-refractivity contribution is 6.42. The normalized spacial score (nSPS) is 12.9. The number of H-pyrrole nitrogens is 1. The number of fused-ring (bicyclic) bond motifs is 1. The number of carboxylic acid groups (broad SMARTS) is 1. The van der Waals surface area contributed by atoms with E-state index in [9.17, 15) is 4.79 Å². The van der Waals surface area contributed by atoms with Crippen molar-refractivity contribution in [3.63, 3.8) is 0 Å². The van der Waals surface area contributed by atoms with Crippen LogP contribution in [0.4, 0.5) is 0 Å². The average Bonchev–Trinajstić information content (AvgIpc) is 2.60. The highest BCUT2D eigenvalue weighted by Gasteiger charge is 2.16. The van der Waals surface area contributed by atoms with E-state index in [0.717, 1.165) is 10.9 Å². The topological polar surface area (TPSA) is 53.1 Å². The van der Waals surface area contributed by atoms with E-state index in [1.807, 2.05) is 0 Å². The monoisotopic (exact) mass is 257 g/mol. The minimum Gasteiger partial charge on any atom is -0.481 e. The maximum atomic E-state index is 10.8. The number of hydrogen-bond acceptors (Lipinski definition) is 1. The molecule has 0 aliphatic heterocycles. The van der Waals surface area contributed by atoms with Gasteiger partial charge in [-0.1, -0.05) is 23.2 Å². The fourth-order valence-corrected chi connectivity index (χ4v) is 1.85. The summed E-state index contributed by atoms with van der Waals surface area (Å²) in [4.78, 5) is 13.9. The standard InChI is InChI=1S/C11H9Cl2NO2/c1-5(11(15)16)9-3-6-2-7(12)8(13)4-10(6)14-9/h2-5,14H,1H3,(H,15,16). The first-order valence-corrected chi connectivity index (χ1v) is 5.45. The van der Waals surface area contributed by atoms with Gasteiger partial charge in [0.15, 0.2) is 0 Å². The van der Waals surface area contributed by atoms with E-state index >= 15 is 0 Å². The van der Waals surface area contributed by atoms with Gasteiger partial charge >= 0.3 is 5.97 Å². The van der Waals surface area contributed by atoms with Crippen LogP contribution in [0.1, 0.15) is 18.5 Å². The Morgan fingerprint density at radius 2 is 1.94 bits per heavy atom. The zero-order chi connectivity index (χ0) is 11.9. The van der Waals surface area contributed by atoms with Crippen LogP contribution in [0.5, 0.6) is 0 Å². The third kappa shape index (κ3) is 1.88. The molecule has 16 heavy (non-hydrogen) atoms. The second-order valence-corrected chi connectivity index (χ2v) is 4.45. The molecule has 1 unspecified atom stereocenters. The molecule has 0 saturated heterocycles. The molecule has 0 spiro atoms. The molecule has 2 rings (SSSR count). The summed E-state index contributed by atoms with van der Waals surface area (Å²) in [5.41, 5.74) is 1.43. The Labute approximate surface area is 102 Å². The van der Waals surface area contributed by atoms with Crippen molar-refractivity contribution in [1.29, 1.82) is 0 Å². The molecule has 0 radical (unpaired) electrons. The van der Waals surface area contributed by atoms with E-state index in [2.05, 4.69) is 4.98 Å². The van der Waals surface area contributed by atoms with Crippen LogP contribution in [0.15, 0.2) is 18.2 Å². The lowest BCUT2D eigenvalue weighted by Gasteiger charge is -2.01. The number of aromatic amines is 1. The molecule has 5 heteroatoms. The van der Waals surface area contributed by atoms with Gasteiger partial charge in [-0.05, 0) is 25.1 Å². The van der Waals surface area contributed by atoms with Crippen LogP contribution < -0.4 is 0 Å². The number of hydrogen-bond donors (Lipinski definition) is 2. The van der Waals surface area contributed by atoms with Gasteiger partial charge in [-0.15, -0.1) is 0 Å². The summed E-state index contributed by atoms with van der Waals surface area (Å²) >= 11 is 11.7. The van der Waals surface area contributed by atoms with Crippen LogP contribution in [-0.2, 0) is 4.79 Å². The largest absolute Gasteiger partial charge is 0.481 e. The predicted molar refractivity (Wildman–Crippen MR) is 64.4 cm³/mol. The summed E-state index contributed by atoms with van der Waals surface area (Å²) in [6.07, 6.45) is 0. The van der Waals surface area contributed by atoms with E-state index in [4.69, 9.17) is 28.3 Å². The van der Waals surface area contributed by atoms with Crippen molar-refractivity contribution >= 4 is 40.1 Å². The molecule has 1 atom stereocenters. The molecule has 0 aliphatic rings. The predicted octanol–water partition coefficient (Wildman–Crippen LogP) is 3.66. The van der Waals surface area contributed by atoms with Crippen molar-refractivity contribution in [2.75, 3.05) is 0 Å². The highest BCUT2D eigenvalue weighted by atomic mass is 35.5. The Bertz CT molecular complexity index is 523.